The molecule has 2 N–H and O–H groups in total. The van der Waals surface area contributed by atoms with Crippen LogP contribution < -0.4 is 11.3 Å². The normalized spacial score (nSPS) is 13.1. The van der Waals surface area contributed by atoms with E-state index in [2.05, 4.69) is 32.4 Å². The molecule has 0 aromatic carbocycles. The van der Waals surface area contributed by atoms with Crippen molar-refractivity contribution in [3.63, 3.8) is 0 Å². The Balaban J connectivity index is 3.70. The van der Waals surface area contributed by atoms with Crippen LogP contribution in [0.5, 0.6) is 0 Å². The lowest BCUT2D eigenvalue weighted by Gasteiger charge is -2.28. The second-order valence-electron chi connectivity index (χ2n) is 6.92. The van der Waals surface area contributed by atoms with Crippen molar-refractivity contribution in [1.82, 2.24) is 9.36 Å². The Labute approximate surface area is 110 Å². The van der Waals surface area contributed by atoms with Crippen LogP contribution in [0.3, 0.4) is 0 Å². The van der Waals surface area contributed by atoms with E-state index in [4.69, 9.17) is 5.73 Å². The SMILES string of the molecule is CCCn1c(C(C)(C)C)c(N)c(=O)n1C(C)(C)C. The summed E-state index contributed by atoms with van der Waals surface area (Å²) in [7, 11) is 0. The van der Waals surface area contributed by atoms with E-state index >= 15 is 0 Å². The van der Waals surface area contributed by atoms with Crippen molar-refractivity contribution >= 4 is 5.69 Å². The first-order chi connectivity index (χ1) is 8.01. The molecule has 4 nitrogen and oxygen atoms in total. The molecule has 4 heteroatoms. The molecule has 1 aromatic rings. The van der Waals surface area contributed by atoms with Crippen LogP contribution in [-0.4, -0.2) is 9.36 Å². The van der Waals surface area contributed by atoms with Crippen molar-refractivity contribution in [2.75, 3.05) is 5.73 Å². The van der Waals surface area contributed by atoms with E-state index < -0.39 is 0 Å². The molecule has 0 aliphatic carbocycles. The van der Waals surface area contributed by atoms with Gasteiger partial charge in [0.2, 0.25) is 0 Å². The Morgan fingerprint density at radius 1 is 1.11 bits per heavy atom. The van der Waals surface area contributed by atoms with Gasteiger partial charge in [-0.05, 0) is 27.2 Å². The van der Waals surface area contributed by atoms with E-state index in [1.807, 2.05) is 20.8 Å². The average Bonchev–Trinajstić information content (AvgIpc) is 2.37. The predicted molar refractivity (Wildman–Crippen MR) is 77.1 cm³/mol. The maximum Gasteiger partial charge on any atom is 0.290 e. The Bertz CT molecular complexity index is 481. The van der Waals surface area contributed by atoms with Gasteiger partial charge in [0.1, 0.15) is 5.69 Å². The molecular formula is C14H27N3O. The molecule has 0 aliphatic heterocycles. The van der Waals surface area contributed by atoms with Crippen LogP contribution >= 0.6 is 0 Å². The fourth-order valence-corrected chi connectivity index (χ4v) is 2.45. The van der Waals surface area contributed by atoms with Gasteiger partial charge in [-0.1, -0.05) is 27.7 Å². The molecule has 104 valence electrons. The van der Waals surface area contributed by atoms with Gasteiger partial charge in [0.05, 0.1) is 11.2 Å². The minimum atomic E-state index is -0.260. The summed E-state index contributed by atoms with van der Waals surface area (Å²) in [6.07, 6.45) is 0.979. The van der Waals surface area contributed by atoms with Gasteiger partial charge in [-0.2, -0.15) is 0 Å². The van der Waals surface area contributed by atoms with Crippen LogP contribution in [0.4, 0.5) is 5.69 Å². The molecular weight excluding hydrogens is 226 g/mol. The zero-order chi connectivity index (χ0) is 14.3. The topological polar surface area (TPSA) is 52.9 Å². The van der Waals surface area contributed by atoms with E-state index in [0.717, 1.165) is 18.7 Å². The smallest absolute Gasteiger partial charge is 0.290 e. The zero-order valence-corrected chi connectivity index (χ0v) is 12.8. The lowest BCUT2D eigenvalue weighted by molar-refractivity contribution is 0.270. The summed E-state index contributed by atoms with van der Waals surface area (Å²) in [5.41, 5.74) is 6.95. The largest absolute Gasteiger partial charge is 0.393 e. The summed E-state index contributed by atoms with van der Waals surface area (Å²) in [5.74, 6) is 0. The molecule has 0 bridgehead atoms. The number of aromatic nitrogens is 2. The fraction of sp³-hybridized carbons (Fsp3) is 0.786. The monoisotopic (exact) mass is 253 g/mol. The number of nitrogens with two attached hydrogens (primary N) is 1. The van der Waals surface area contributed by atoms with Crippen LogP contribution in [0, 0.1) is 0 Å². The van der Waals surface area contributed by atoms with E-state index in [1.54, 1.807) is 4.68 Å². The van der Waals surface area contributed by atoms with Gasteiger partial charge in [-0.25, -0.2) is 4.68 Å². The molecule has 0 radical (unpaired) electrons. The molecule has 1 aromatic heterocycles. The Kier molecular flexibility index (Phi) is 3.70. The van der Waals surface area contributed by atoms with Gasteiger partial charge in [-0.15, -0.1) is 0 Å². The van der Waals surface area contributed by atoms with Crippen LogP contribution in [0.25, 0.3) is 0 Å². The van der Waals surface area contributed by atoms with E-state index in [-0.39, 0.29) is 16.5 Å². The highest BCUT2D eigenvalue weighted by molar-refractivity contribution is 5.45. The van der Waals surface area contributed by atoms with Crippen molar-refractivity contribution < 1.29 is 0 Å². The molecule has 1 heterocycles. The van der Waals surface area contributed by atoms with Crippen molar-refractivity contribution in [3.05, 3.63) is 16.0 Å². The number of nitrogen functional groups attached to an aromatic ring is 1. The third-order valence-corrected chi connectivity index (χ3v) is 2.96. The van der Waals surface area contributed by atoms with E-state index in [9.17, 15) is 4.79 Å². The standard InChI is InChI=1S/C14H27N3O/c1-8-9-16-11(13(2,3)4)10(15)12(18)17(16)14(5,6)7/h8-9,15H2,1-7H3. The van der Waals surface area contributed by atoms with Crippen LogP contribution in [0.15, 0.2) is 4.79 Å². The summed E-state index contributed by atoms with van der Waals surface area (Å²) in [5, 5.41) is 0. The first-order valence-electron chi connectivity index (χ1n) is 6.64. The lowest BCUT2D eigenvalue weighted by atomic mass is 9.91. The molecule has 0 saturated carbocycles. The van der Waals surface area contributed by atoms with Crippen molar-refractivity contribution in [3.8, 4) is 0 Å². The second kappa shape index (κ2) is 4.48. The first-order valence-corrected chi connectivity index (χ1v) is 6.64. The van der Waals surface area contributed by atoms with Gasteiger partial charge in [-0.3, -0.25) is 9.48 Å². The quantitative estimate of drug-likeness (QED) is 0.881. The molecule has 1 rings (SSSR count). The van der Waals surface area contributed by atoms with Gasteiger partial charge in [0, 0.05) is 12.0 Å². The summed E-state index contributed by atoms with van der Waals surface area (Å²) in [6.45, 7) is 15.3. The third kappa shape index (κ3) is 2.47. The molecule has 0 fully saturated rings. The maximum absolute atomic E-state index is 12.4. The molecule has 0 amide bonds. The molecule has 0 unspecified atom stereocenters. The lowest BCUT2D eigenvalue weighted by Crippen LogP contribution is -2.37. The number of nitrogens with zero attached hydrogens (tertiary/aromatic N) is 2. The molecule has 0 saturated heterocycles. The third-order valence-electron chi connectivity index (χ3n) is 2.96. The van der Waals surface area contributed by atoms with Crippen LogP contribution in [0.2, 0.25) is 0 Å². The van der Waals surface area contributed by atoms with E-state index in [1.165, 1.54) is 0 Å². The Morgan fingerprint density at radius 3 is 1.94 bits per heavy atom. The highest BCUT2D eigenvalue weighted by Crippen LogP contribution is 2.28. The van der Waals surface area contributed by atoms with Crippen molar-refractivity contribution in [2.24, 2.45) is 0 Å². The van der Waals surface area contributed by atoms with Crippen molar-refractivity contribution in [1.29, 1.82) is 0 Å². The minimum Gasteiger partial charge on any atom is -0.393 e. The van der Waals surface area contributed by atoms with Crippen LogP contribution in [0.1, 0.15) is 60.6 Å². The Hall–Kier alpha value is -1.19. The summed E-state index contributed by atoms with van der Waals surface area (Å²) in [4.78, 5) is 12.4. The fourth-order valence-electron chi connectivity index (χ4n) is 2.45. The first kappa shape index (κ1) is 14.9. The minimum absolute atomic E-state index is 0.0686. The van der Waals surface area contributed by atoms with Crippen LogP contribution in [-0.2, 0) is 17.5 Å². The highest BCUT2D eigenvalue weighted by atomic mass is 16.1. The summed E-state index contributed by atoms with van der Waals surface area (Å²) < 4.78 is 3.87. The number of hydrogen-bond donors (Lipinski definition) is 1. The number of anilines is 1. The highest BCUT2D eigenvalue weighted by Gasteiger charge is 2.30. The predicted octanol–water partition coefficient (Wildman–Crippen LogP) is 2.69. The molecule has 18 heavy (non-hydrogen) atoms. The van der Waals surface area contributed by atoms with Crippen molar-refractivity contribution in [2.45, 2.75) is 72.4 Å². The molecule has 0 atom stereocenters. The average molecular weight is 253 g/mol. The summed E-state index contributed by atoms with van der Waals surface area (Å²) >= 11 is 0. The van der Waals surface area contributed by atoms with Gasteiger partial charge in [0.15, 0.2) is 0 Å². The van der Waals surface area contributed by atoms with Gasteiger partial charge in [0.25, 0.3) is 5.56 Å². The molecule has 0 spiro atoms. The Morgan fingerprint density at radius 2 is 1.61 bits per heavy atom. The van der Waals surface area contributed by atoms with E-state index in [0.29, 0.717) is 5.69 Å². The molecule has 0 aliphatic rings. The van der Waals surface area contributed by atoms with Gasteiger partial charge >= 0.3 is 0 Å². The number of rotatable bonds is 2. The second-order valence-corrected chi connectivity index (χ2v) is 6.92. The zero-order valence-electron chi connectivity index (χ0n) is 12.8. The number of hydrogen-bond acceptors (Lipinski definition) is 2. The summed E-state index contributed by atoms with van der Waals surface area (Å²) in [6, 6.07) is 0. The van der Waals surface area contributed by atoms with Gasteiger partial charge < -0.3 is 5.73 Å². The maximum atomic E-state index is 12.4.